The molecule has 7 nitrogen and oxygen atoms in total. The fraction of sp³-hybridized carbons (Fsp3) is 0.350. The molecule has 2 N–H and O–H groups in total. The van der Waals surface area contributed by atoms with Crippen LogP contribution in [0.2, 0.25) is 0 Å². The third-order valence-corrected chi connectivity index (χ3v) is 5.18. The van der Waals surface area contributed by atoms with Gasteiger partial charge in [0.15, 0.2) is 5.82 Å². The summed E-state index contributed by atoms with van der Waals surface area (Å²) in [5, 5.41) is 23.9. The van der Waals surface area contributed by atoms with E-state index in [-0.39, 0.29) is 23.2 Å². The van der Waals surface area contributed by atoms with Crippen molar-refractivity contribution >= 4 is 16.6 Å². The first kappa shape index (κ1) is 17.5. The Morgan fingerprint density at radius 3 is 2.78 bits per heavy atom. The van der Waals surface area contributed by atoms with E-state index in [1.807, 2.05) is 30.3 Å². The van der Waals surface area contributed by atoms with Crippen LogP contribution in [0.1, 0.15) is 12.8 Å². The Kier molecular flexibility index (Phi) is 4.53. The van der Waals surface area contributed by atoms with E-state index < -0.39 is 0 Å². The summed E-state index contributed by atoms with van der Waals surface area (Å²) >= 11 is 0. The second kappa shape index (κ2) is 7.00. The maximum absolute atomic E-state index is 12.8. The number of phenols is 1. The number of likely N-dealkylation sites (N-methyl/N-ethyl adjacent to an activating group) is 1. The Hall–Kier alpha value is -2.93. The van der Waals surface area contributed by atoms with Crippen LogP contribution in [0, 0.1) is 0 Å². The van der Waals surface area contributed by atoms with Gasteiger partial charge >= 0.3 is 0 Å². The molecule has 0 bridgehead atoms. The Morgan fingerprint density at radius 1 is 1.15 bits per heavy atom. The van der Waals surface area contributed by atoms with E-state index in [2.05, 4.69) is 27.5 Å². The van der Waals surface area contributed by atoms with Gasteiger partial charge in [-0.1, -0.05) is 30.3 Å². The molecule has 1 atom stereocenters. The zero-order valence-electron chi connectivity index (χ0n) is 15.5. The molecule has 7 heteroatoms. The quantitative estimate of drug-likeness (QED) is 0.740. The van der Waals surface area contributed by atoms with Crippen molar-refractivity contribution in [3.63, 3.8) is 0 Å². The van der Waals surface area contributed by atoms with Gasteiger partial charge < -0.3 is 15.3 Å². The number of piperidine rings is 1. The van der Waals surface area contributed by atoms with Crippen molar-refractivity contribution in [1.82, 2.24) is 19.7 Å². The van der Waals surface area contributed by atoms with Crippen LogP contribution in [0.25, 0.3) is 22.2 Å². The SMILES string of the molecule is CN1CCC[C@@H](Nc2nnc(-c3ccc4ccccc4c3O)n(C)c2=O)C1. The number of nitrogens with zero attached hydrogens (tertiary/aromatic N) is 4. The Morgan fingerprint density at radius 2 is 1.96 bits per heavy atom. The predicted molar refractivity (Wildman–Crippen MR) is 106 cm³/mol. The van der Waals surface area contributed by atoms with Crippen molar-refractivity contribution in [2.45, 2.75) is 18.9 Å². The number of aromatic hydroxyl groups is 1. The largest absolute Gasteiger partial charge is 0.507 e. The molecule has 0 amide bonds. The number of hydrogen-bond acceptors (Lipinski definition) is 6. The number of fused-ring (bicyclic) bond motifs is 1. The summed E-state index contributed by atoms with van der Waals surface area (Å²) in [6.45, 7) is 1.94. The van der Waals surface area contributed by atoms with Crippen LogP contribution in [0.3, 0.4) is 0 Å². The molecule has 0 saturated carbocycles. The van der Waals surface area contributed by atoms with Crippen LogP contribution in [-0.4, -0.2) is 50.9 Å². The summed E-state index contributed by atoms with van der Waals surface area (Å²) in [7, 11) is 3.72. The van der Waals surface area contributed by atoms with Crippen LogP contribution in [0.15, 0.2) is 41.2 Å². The third-order valence-electron chi connectivity index (χ3n) is 5.18. The molecule has 2 heterocycles. The normalized spacial score (nSPS) is 17.9. The van der Waals surface area contributed by atoms with E-state index in [1.54, 1.807) is 13.1 Å². The first-order chi connectivity index (χ1) is 13.0. The number of nitrogens with one attached hydrogen (secondary N) is 1. The number of anilines is 1. The zero-order valence-corrected chi connectivity index (χ0v) is 15.5. The van der Waals surface area contributed by atoms with E-state index in [0.717, 1.165) is 36.7 Å². The van der Waals surface area contributed by atoms with E-state index >= 15 is 0 Å². The molecule has 0 unspecified atom stereocenters. The summed E-state index contributed by atoms with van der Waals surface area (Å²) in [5.41, 5.74) is 0.241. The van der Waals surface area contributed by atoms with Gasteiger partial charge in [0.25, 0.3) is 5.56 Å². The summed E-state index contributed by atoms with van der Waals surface area (Å²) in [6.07, 6.45) is 2.09. The minimum Gasteiger partial charge on any atom is -0.507 e. The van der Waals surface area contributed by atoms with Gasteiger partial charge in [-0.05, 0) is 37.9 Å². The summed E-state index contributed by atoms with van der Waals surface area (Å²) < 4.78 is 1.44. The van der Waals surface area contributed by atoms with E-state index in [4.69, 9.17) is 0 Å². The van der Waals surface area contributed by atoms with Crippen LogP contribution in [-0.2, 0) is 7.05 Å². The molecule has 1 fully saturated rings. The molecular formula is C20H23N5O2. The average Bonchev–Trinajstić information content (AvgIpc) is 2.67. The van der Waals surface area contributed by atoms with Crippen LogP contribution in [0.4, 0.5) is 5.82 Å². The lowest BCUT2D eigenvalue weighted by Crippen LogP contribution is -2.41. The van der Waals surface area contributed by atoms with Gasteiger partial charge in [-0.25, -0.2) is 0 Å². The number of hydrogen-bond donors (Lipinski definition) is 2. The van der Waals surface area contributed by atoms with E-state index in [9.17, 15) is 9.90 Å². The van der Waals surface area contributed by atoms with Crippen molar-refractivity contribution in [3.8, 4) is 17.1 Å². The van der Waals surface area contributed by atoms with Gasteiger partial charge in [0.05, 0.1) is 5.56 Å². The molecule has 1 aromatic heterocycles. The standard InChI is InChI=1S/C20H23N5O2/c1-24-11-5-7-14(12-24)21-18-20(27)25(2)19(23-22-18)16-10-9-13-6-3-4-8-15(13)17(16)26/h3-4,6,8-10,14,26H,5,7,11-12H2,1-2H3,(H,21,22)/t14-/m1/s1. The average molecular weight is 365 g/mol. The fourth-order valence-corrected chi connectivity index (χ4v) is 3.70. The Labute approximate surface area is 157 Å². The molecule has 3 aromatic rings. The molecule has 27 heavy (non-hydrogen) atoms. The highest BCUT2D eigenvalue weighted by Gasteiger charge is 2.21. The summed E-state index contributed by atoms with van der Waals surface area (Å²) in [4.78, 5) is 15.0. The van der Waals surface area contributed by atoms with Gasteiger partial charge in [0, 0.05) is 25.0 Å². The Bertz CT molecular complexity index is 1050. The molecule has 1 aliphatic rings. The highest BCUT2D eigenvalue weighted by molar-refractivity contribution is 5.93. The number of phenolic OH excluding ortho intramolecular Hbond substituents is 1. The molecule has 1 saturated heterocycles. The summed E-state index contributed by atoms with van der Waals surface area (Å²) in [6, 6.07) is 11.4. The van der Waals surface area contributed by atoms with E-state index in [0.29, 0.717) is 11.4 Å². The lowest BCUT2D eigenvalue weighted by Gasteiger charge is -2.30. The third kappa shape index (κ3) is 3.26. The molecule has 1 aliphatic heterocycles. The predicted octanol–water partition coefficient (Wildman–Crippen LogP) is 2.21. The Balaban J connectivity index is 1.70. The monoisotopic (exact) mass is 365 g/mol. The van der Waals surface area contributed by atoms with Crippen LogP contribution in [0.5, 0.6) is 5.75 Å². The van der Waals surface area contributed by atoms with Gasteiger partial charge in [-0.15, -0.1) is 10.2 Å². The summed E-state index contributed by atoms with van der Waals surface area (Å²) in [5.74, 6) is 0.698. The lowest BCUT2D eigenvalue weighted by atomic mass is 10.0. The molecule has 0 radical (unpaired) electrons. The van der Waals surface area contributed by atoms with E-state index in [1.165, 1.54) is 4.57 Å². The van der Waals surface area contributed by atoms with Crippen molar-refractivity contribution in [2.75, 3.05) is 25.5 Å². The van der Waals surface area contributed by atoms with Crippen molar-refractivity contribution < 1.29 is 5.11 Å². The minimum absolute atomic E-state index is 0.104. The first-order valence-electron chi connectivity index (χ1n) is 9.14. The topological polar surface area (TPSA) is 83.3 Å². The highest BCUT2D eigenvalue weighted by Crippen LogP contribution is 2.34. The maximum atomic E-state index is 12.8. The number of aromatic nitrogens is 3. The number of likely N-dealkylation sites (tertiary alicyclic amines) is 1. The van der Waals surface area contributed by atoms with Gasteiger partial charge in [0.2, 0.25) is 5.82 Å². The highest BCUT2D eigenvalue weighted by atomic mass is 16.3. The fourth-order valence-electron chi connectivity index (χ4n) is 3.70. The maximum Gasteiger partial charge on any atom is 0.296 e. The number of benzene rings is 2. The molecule has 0 aliphatic carbocycles. The number of rotatable bonds is 3. The van der Waals surface area contributed by atoms with Gasteiger partial charge in [-0.2, -0.15) is 0 Å². The molecule has 2 aromatic carbocycles. The minimum atomic E-state index is -0.249. The van der Waals surface area contributed by atoms with Crippen molar-refractivity contribution in [1.29, 1.82) is 0 Å². The lowest BCUT2D eigenvalue weighted by molar-refractivity contribution is 0.260. The van der Waals surface area contributed by atoms with Crippen molar-refractivity contribution in [3.05, 3.63) is 46.8 Å². The second-order valence-corrected chi connectivity index (χ2v) is 7.16. The second-order valence-electron chi connectivity index (χ2n) is 7.16. The van der Waals surface area contributed by atoms with Crippen molar-refractivity contribution in [2.24, 2.45) is 7.05 Å². The molecule has 4 rings (SSSR count). The molecule has 140 valence electrons. The first-order valence-corrected chi connectivity index (χ1v) is 9.14. The van der Waals surface area contributed by atoms with Crippen LogP contribution < -0.4 is 10.9 Å². The zero-order chi connectivity index (χ0) is 19.0. The van der Waals surface area contributed by atoms with Gasteiger partial charge in [0.1, 0.15) is 5.75 Å². The smallest absolute Gasteiger partial charge is 0.296 e. The molecular weight excluding hydrogens is 342 g/mol. The molecule has 0 spiro atoms. The van der Waals surface area contributed by atoms with Gasteiger partial charge in [-0.3, -0.25) is 9.36 Å². The van der Waals surface area contributed by atoms with Crippen LogP contribution >= 0.6 is 0 Å².